The van der Waals surface area contributed by atoms with Crippen LogP contribution in [0.4, 0.5) is 0 Å². The summed E-state index contributed by atoms with van der Waals surface area (Å²) in [5.41, 5.74) is 1.28. The number of carbonyl (C=O) groups excluding carboxylic acids is 1. The van der Waals surface area contributed by atoms with Gasteiger partial charge in [-0.05, 0) is 37.8 Å². The molecule has 2 atom stereocenters. The topological polar surface area (TPSA) is 32.3 Å². The molecule has 3 heteroatoms. The number of carbonyl (C=O) groups is 1. The van der Waals surface area contributed by atoms with Crippen molar-refractivity contribution in [2.24, 2.45) is 0 Å². The Morgan fingerprint density at radius 2 is 2.05 bits per heavy atom. The lowest BCUT2D eigenvalue weighted by atomic mass is 10.0. The van der Waals surface area contributed by atoms with Gasteiger partial charge in [0.25, 0.3) is 0 Å². The van der Waals surface area contributed by atoms with E-state index in [1.165, 1.54) is 12.0 Å². The minimum absolute atomic E-state index is 0.301. The van der Waals surface area contributed by atoms with E-state index in [9.17, 15) is 4.79 Å². The van der Waals surface area contributed by atoms with Crippen molar-refractivity contribution < 1.29 is 4.79 Å². The Kier molecular flexibility index (Phi) is 3.83. The molecule has 1 aromatic carbocycles. The zero-order chi connectivity index (χ0) is 13.1. The molecule has 2 saturated heterocycles. The summed E-state index contributed by atoms with van der Waals surface area (Å²) in [7, 11) is 0. The van der Waals surface area contributed by atoms with Crippen LogP contribution in [0.3, 0.4) is 0 Å². The van der Waals surface area contributed by atoms with Crippen molar-refractivity contribution in [3.05, 3.63) is 35.9 Å². The zero-order valence-corrected chi connectivity index (χ0v) is 11.3. The molecule has 0 aromatic heterocycles. The third-order valence-corrected chi connectivity index (χ3v) is 4.34. The second kappa shape index (κ2) is 5.74. The van der Waals surface area contributed by atoms with Crippen LogP contribution in [0.2, 0.25) is 0 Å². The van der Waals surface area contributed by atoms with E-state index >= 15 is 0 Å². The van der Waals surface area contributed by atoms with Gasteiger partial charge in [0, 0.05) is 19.0 Å². The van der Waals surface area contributed by atoms with Gasteiger partial charge in [-0.2, -0.15) is 0 Å². The molecule has 2 fully saturated rings. The summed E-state index contributed by atoms with van der Waals surface area (Å²) < 4.78 is 0. The summed E-state index contributed by atoms with van der Waals surface area (Å²) in [6, 6.07) is 11.2. The van der Waals surface area contributed by atoms with Crippen LogP contribution >= 0.6 is 0 Å². The standard InChI is InChI=1S/C16H22N2O/c19-16(12-14-8-4-10-17-14)18-11-5-9-15(18)13-6-2-1-3-7-13/h1-3,6-7,14-15,17H,4-5,8-12H2. The molecule has 1 N–H and O–H groups in total. The monoisotopic (exact) mass is 258 g/mol. The maximum Gasteiger partial charge on any atom is 0.224 e. The van der Waals surface area contributed by atoms with Crippen molar-refractivity contribution in [3.8, 4) is 0 Å². The van der Waals surface area contributed by atoms with E-state index in [0.29, 0.717) is 24.4 Å². The normalized spacial score (nSPS) is 26.8. The molecule has 0 radical (unpaired) electrons. The summed E-state index contributed by atoms with van der Waals surface area (Å²) >= 11 is 0. The summed E-state index contributed by atoms with van der Waals surface area (Å²) in [6.45, 7) is 1.99. The molecule has 1 aromatic rings. The summed E-state index contributed by atoms with van der Waals surface area (Å²) in [5.74, 6) is 0.325. The van der Waals surface area contributed by atoms with E-state index in [1.54, 1.807) is 0 Å². The van der Waals surface area contributed by atoms with Gasteiger partial charge < -0.3 is 10.2 Å². The first-order valence-corrected chi connectivity index (χ1v) is 7.42. The lowest BCUT2D eigenvalue weighted by Gasteiger charge is -2.26. The van der Waals surface area contributed by atoms with Gasteiger partial charge in [-0.15, -0.1) is 0 Å². The van der Waals surface area contributed by atoms with Gasteiger partial charge in [0.1, 0.15) is 0 Å². The maximum absolute atomic E-state index is 12.5. The lowest BCUT2D eigenvalue weighted by Crippen LogP contribution is -2.35. The van der Waals surface area contributed by atoms with Crippen LogP contribution in [0.5, 0.6) is 0 Å². The van der Waals surface area contributed by atoms with Gasteiger partial charge in [-0.1, -0.05) is 30.3 Å². The van der Waals surface area contributed by atoms with Crippen molar-refractivity contribution in [2.75, 3.05) is 13.1 Å². The predicted octanol–water partition coefficient (Wildman–Crippen LogP) is 2.49. The Labute approximate surface area is 115 Å². The molecule has 102 valence electrons. The van der Waals surface area contributed by atoms with Crippen molar-refractivity contribution >= 4 is 5.91 Å². The Bertz CT molecular complexity index is 426. The molecule has 2 aliphatic rings. The molecule has 0 spiro atoms. The number of amides is 1. The van der Waals surface area contributed by atoms with Crippen LogP contribution in [-0.4, -0.2) is 29.9 Å². The third-order valence-electron chi connectivity index (χ3n) is 4.34. The lowest BCUT2D eigenvalue weighted by molar-refractivity contribution is -0.132. The maximum atomic E-state index is 12.5. The molecule has 0 bridgehead atoms. The van der Waals surface area contributed by atoms with Crippen LogP contribution in [0.25, 0.3) is 0 Å². The van der Waals surface area contributed by atoms with Gasteiger partial charge in [-0.3, -0.25) is 4.79 Å². The first-order valence-electron chi connectivity index (χ1n) is 7.42. The SMILES string of the molecule is O=C(CC1CCCN1)N1CCCC1c1ccccc1. The van der Waals surface area contributed by atoms with Crippen molar-refractivity contribution in [2.45, 2.75) is 44.2 Å². The van der Waals surface area contributed by atoms with Gasteiger partial charge in [0.05, 0.1) is 6.04 Å². The van der Waals surface area contributed by atoms with Gasteiger partial charge >= 0.3 is 0 Å². The zero-order valence-electron chi connectivity index (χ0n) is 11.3. The third kappa shape index (κ3) is 2.81. The highest BCUT2D eigenvalue weighted by Gasteiger charge is 2.31. The average Bonchev–Trinajstić information content (AvgIpc) is 3.10. The molecule has 0 aliphatic carbocycles. The van der Waals surface area contributed by atoms with Gasteiger partial charge in [0.2, 0.25) is 5.91 Å². The fourth-order valence-corrected chi connectivity index (χ4v) is 3.35. The molecule has 1 amide bonds. The number of hydrogen-bond donors (Lipinski definition) is 1. The first kappa shape index (κ1) is 12.7. The first-order chi connectivity index (χ1) is 9.34. The highest BCUT2D eigenvalue weighted by Crippen LogP contribution is 2.32. The fourth-order valence-electron chi connectivity index (χ4n) is 3.35. The molecule has 0 saturated carbocycles. The molecular weight excluding hydrogens is 236 g/mol. The van der Waals surface area contributed by atoms with Gasteiger partial charge in [0.15, 0.2) is 0 Å². The number of nitrogens with one attached hydrogen (secondary N) is 1. The largest absolute Gasteiger partial charge is 0.336 e. The van der Waals surface area contributed by atoms with E-state index in [2.05, 4.69) is 34.5 Å². The molecule has 19 heavy (non-hydrogen) atoms. The molecule has 2 heterocycles. The average molecular weight is 258 g/mol. The molecule has 2 unspecified atom stereocenters. The van der Waals surface area contributed by atoms with E-state index in [0.717, 1.165) is 32.4 Å². The summed E-state index contributed by atoms with van der Waals surface area (Å²) in [4.78, 5) is 14.6. The molecular formula is C16H22N2O. The smallest absolute Gasteiger partial charge is 0.224 e. The van der Waals surface area contributed by atoms with E-state index in [4.69, 9.17) is 0 Å². The highest BCUT2D eigenvalue weighted by molar-refractivity contribution is 5.77. The number of hydrogen-bond acceptors (Lipinski definition) is 2. The van der Waals surface area contributed by atoms with Crippen LogP contribution in [0.1, 0.15) is 43.7 Å². The van der Waals surface area contributed by atoms with E-state index in [-0.39, 0.29) is 0 Å². The minimum Gasteiger partial charge on any atom is -0.336 e. The Morgan fingerprint density at radius 1 is 1.21 bits per heavy atom. The Hall–Kier alpha value is -1.35. The van der Waals surface area contributed by atoms with E-state index in [1.807, 2.05) is 6.07 Å². The van der Waals surface area contributed by atoms with Crippen LogP contribution in [-0.2, 0) is 4.79 Å². The summed E-state index contributed by atoms with van der Waals surface area (Å²) in [5, 5.41) is 3.42. The second-order valence-electron chi connectivity index (χ2n) is 5.65. The number of benzene rings is 1. The van der Waals surface area contributed by atoms with Crippen LogP contribution < -0.4 is 5.32 Å². The highest BCUT2D eigenvalue weighted by atomic mass is 16.2. The number of rotatable bonds is 3. The van der Waals surface area contributed by atoms with Crippen molar-refractivity contribution in [3.63, 3.8) is 0 Å². The fraction of sp³-hybridized carbons (Fsp3) is 0.562. The Morgan fingerprint density at radius 3 is 2.79 bits per heavy atom. The van der Waals surface area contributed by atoms with Crippen molar-refractivity contribution in [1.29, 1.82) is 0 Å². The molecule has 2 aliphatic heterocycles. The van der Waals surface area contributed by atoms with Crippen molar-refractivity contribution in [1.82, 2.24) is 10.2 Å². The summed E-state index contributed by atoms with van der Waals surface area (Å²) in [6.07, 6.45) is 5.26. The van der Waals surface area contributed by atoms with E-state index < -0.39 is 0 Å². The predicted molar refractivity (Wildman–Crippen MR) is 75.8 cm³/mol. The minimum atomic E-state index is 0.301. The molecule has 3 nitrogen and oxygen atoms in total. The van der Waals surface area contributed by atoms with Crippen LogP contribution in [0.15, 0.2) is 30.3 Å². The second-order valence-corrected chi connectivity index (χ2v) is 5.65. The molecule has 3 rings (SSSR count). The number of nitrogens with zero attached hydrogens (tertiary/aromatic N) is 1. The van der Waals surface area contributed by atoms with Gasteiger partial charge in [-0.25, -0.2) is 0 Å². The number of likely N-dealkylation sites (tertiary alicyclic amines) is 1. The van der Waals surface area contributed by atoms with Crippen LogP contribution in [0, 0.1) is 0 Å². The quantitative estimate of drug-likeness (QED) is 0.903. The Balaban J connectivity index is 1.67.